The molecule has 1 aromatic carbocycles. The Morgan fingerprint density at radius 2 is 2.00 bits per heavy atom. The number of nitrogens with zero attached hydrogens (tertiary/aromatic N) is 3. The van der Waals surface area contributed by atoms with E-state index in [-0.39, 0.29) is 23.3 Å². The molecule has 2 aromatic heterocycles. The van der Waals surface area contributed by atoms with E-state index in [1.54, 1.807) is 6.07 Å². The average Bonchev–Trinajstić information content (AvgIpc) is 3.67. The highest BCUT2D eigenvalue weighted by molar-refractivity contribution is 9.10. The standard InChI is InChI=1S/C24H25BrN4O3/c1-2-10-28-21-20(22(30)27-24(28)32)18(12-19(26-21)15-6-7-15)23(31)29(17-8-9-17)13-14-4-3-5-16(25)11-14/h3-5,11-12,15,17H,2,6-10,13H2,1H3,(H,27,30,32). The fourth-order valence-corrected chi connectivity index (χ4v) is 4.67. The van der Waals surface area contributed by atoms with Gasteiger partial charge in [0.1, 0.15) is 0 Å². The fourth-order valence-electron chi connectivity index (χ4n) is 4.22. The van der Waals surface area contributed by atoms with Crippen LogP contribution in [-0.4, -0.2) is 31.4 Å². The summed E-state index contributed by atoms with van der Waals surface area (Å²) in [6.07, 6.45) is 4.65. The molecular weight excluding hydrogens is 472 g/mol. The van der Waals surface area contributed by atoms with E-state index in [9.17, 15) is 14.4 Å². The Morgan fingerprint density at radius 1 is 1.22 bits per heavy atom. The molecule has 0 unspecified atom stereocenters. The highest BCUT2D eigenvalue weighted by Gasteiger charge is 2.36. The van der Waals surface area contributed by atoms with Crippen LogP contribution in [0.2, 0.25) is 0 Å². The molecule has 0 bridgehead atoms. The third-order valence-corrected chi connectivity index (χ3v) is 6.63. The van der Waals surface area contributed by atoms with Gasteiger partial charge in [-0.3, -0.25) is 19.1 Å². The Morgan fingerprint density at radius 3 is 2.66 bits per heavy atom. The lowest BCUT2D eigenvalue weighted by molar-refractivity contribution is 0.0731. The number of hydrogen-bond acceptors (Lipinski definition) is 4. The molecule has 8 heteroatoms. The number of benzene rings is 1. The lowest BCUT2D eigenvalue weighted by Gasteiger charge is -2.24. The van der Waals surface area contributed by atoms with Crippen LogP contribution in [0.25, 0.3) is 11.0 Å². The van der Waals surface area contributed by atoms with Gasteiger partial charge in [0.05, 0.1) is 10.9 Å². The number of fused-ring (bicyclic) bond motifs is 1. The summed E-state index contributed by atoms with van der Waals surface area (Å²) in [5.74, 6) is 0.115. The maximum atomic E-state index is 13.9. The van der Waals surface area contributed by atoms with Crippen molar-refractivity contribution < 1.29 is 4.79 Å². The fraction of sp³-hybridized carbons (Fsp3) is 0.417. The van der Waals surface area contributed by atoms with Crippen LogP contribution in [-0.2, 0) is 13.1 Å². The zero-order valence-corrected chi connectivity index (χ0v) is 19.5. The predicted molar refractivity (Wildman–Crippen MR) is 126 cm³/mol. The van der Waals surface area contributed by atoms with E-state index in [0.717, 1.165) is 47.8 Å². The van der Waals surface area contributed by atoms with Gasteiger partial charge in [0.2, 0.25) is 0 Å². The third kappa shape index (κ3) is 4.03. The van der Waals surface area contributed by atoms with Gasteiger partial charge in [-0.1, -0.05) is 35.0 Å². The highest BCUT2D eigenvalue weighted by Crippen LogP contribution is 2.40. The first kappa shape index (κ1) is 21.1. The Hall–Kier alpha value is -2.74. The number of rotatable bonds is 7. The zero-order valence-electron chi connectivity index (χ0n) is 17.9. The lowest BCUT2D eigenvalue weighted by Crippen LogP contribution is -2.36. The Bertz CT molecular complexity index is 1320. The molecule has 0 aliphatic heterocycles. The lowest BCUT2D eigenvalue weighted by atomic mass is 10.1. The van der Waals surface area contributed by atoms with Crippen molar-refractivity contribution in [2.24, 2.45) is 0 Å². The summed E-state index contributed by atoms with van der Waals surface area (Å²) in [4.78, 5) is 48.3. The van der Waals surface area contributed by atoms with E-state index in [4.69, 9.17) is 4.98 Å². The first-order valence-electron chi connectivity index (χ1n) is 11.2. The summed E-state index contributed by atoms with van der Waals surface area (Å²) in [6, 6.07) is 9.87. The smallest absolute Gasteiger partial charge is 0.329 e. The van der Waals surface area contributed by atoms with Crippen molar-refractivity contribution in [3.63, 3.8) is 0 Å². The Labute approximate surface area is 193 Å². The second-order valence-electron chi connectivity index (χ2n) is 8.77. The maximum Gasteiger partial charge on any atom is 0.329 e. The number of nitrogens with one attached hydrogen (secondary N) is 1. The number of aromatic amines is 1. The van der Waals surface area contributed by atoms with E-state index >= 15 is 0 Å². The first-order valence-corrected chi connectivity index (χ1v) is 12.0. The van der Waals surface area contributed by atoms with Gasteiger partial charge >= 0.3 is 5.69 Å². The van der Waals surface area contributed by atoms with Crippen molar-refractivity contribution >= 4 is 32.9 Å². The Kier molecular flexibility index (Phi) is 5.49. The summed E-state index contributed by atoms with van der Waals surface area (Å²) in [7, 11) is 0. The summed E-state index contributed by atoms with van der Waals surface area (Å²) in [5, 5.41) is 0.215. The normalized spacial score (nSPS) is 15.8. The molecule has 32 heavy (non-hydrogen) atoms. The summed E-state index contributed by atoms with van der Waals surface area (Å²) >= 11 is 3.50. The van der Waals surface area contributed by atoms with Crippen LogP contribution in [0.15, 0.2) is 44.4 Å². The van der Waals surface area contributed by atoms with E-state index in [1.807, 2.05) is 36.1 Å². The average molecular weight is 497 g/mol. The van der Waals surface area contributed by atoms with E-state index in [1.165, 1.54) is 4.57 Å². The molecule has 2 aliphatic rings. The molecule has 2 fully saturated rings. The predicted octanol–water partition coefficient (Wildman–Crippen LogP) is 3.94. The monoisotopic (exact) mass is 496 g/mol. The van der Waals surface area contributed by atoms with Crippen molar-refractivity contribution in [1.82, 2.24) is 19.4 Å². The highest BCUT2D eigenvalue weighted by atomic mass is 79.9. The third-order valence-electron chi connectivity index (χ3n) is 6.13. The van der Waals surface area contributed by atoms with Crippen LogP contribution in [0, 0.1) is 0 Å². The molecule has 166 valence electrons. The van der Waals surface area contributed by atoms with Gasteiger partial charge in [0, 0.05) is 35.2 Å². The van der Waals surface area contributed by atoms with Gasteiger partial charge in [0.15, 0.2) is 5.65 Å². The van der Waals surface area contributed by atoms with E-state index in [0.29, 0.717) is 24.3 Å². The molecule has 0 spiro atoms. The molecular formula is C24H25BrN4O3. The summed E-state index contributed by atoms with van der Waals surface area (Å²) in [5.41, 5.74) is 1.48. The molecule has 2 aliphatic carbocycles. The van der Waals surface area contributed by atoms with E-state index in [2.05, 4.69) is 20.9 Å². The Balaban J connectivity index is 1.66. The molecule has 0 radical (unpaired) electrons. The molecule has 0 atom stereocenters. The summed E-state index contributed by atoms with van der Waals surface area (Å²) < 4.78 is 2.46. The number of halogens is 1. The van der Waals surface area contributed by atoms with Crippen molar-refractivity contribution in [3.05, 3.63) is 72.5 Å². The van der Waals surface area contributed by atoms with Crippen LogP contribution in [0.5, 0.6) is 0 Å². The molecule has 0 saturated heterocycles. The van der Waals surface area contributed by atoms with Gasteiger partial charge in [-0.2, -0.15) is 0 Å². The molecule has 5 rings (SSSR count). The largest absolute Gasteiger partial charge is 0.331 e. The molecule has 1 N–H and O–H groups in total. The van der Waals surface area contributed by atoms with Gasteiger partial charge < -0.3 is 4.90 Å². The zero-order chi connectivity index (χ0) is 22.4. The molecule has 2 heterocycles. The van der Waals surface area contributed by atoms with Crippen LogP contribution in [0.4, 0.5) is 0 Å². The minimum atomic E-state index is -0.547. The van der Waals surface area contributed by atoms with Crippen molar-refractivity contribution in [3.8, 4) is 0 Å². The first-order chi connectivity index (χ1) is 15.5. The minimum Gasteiger partial charge on any atom is -0.331 e. The number of amides is 1. The summed E-state index contributed by atoms with van der Waals surface area (Å²) in [6.45, 7) is 2.87. The molecule has 1 amide bonds. The van der Waals surface area contributed by atoms with Crippen LogP contribution in [0.3, 0.4) is 0 Å². The van der Waals surface area contributed by atoms with Gasteiger partial charge in [-0.15, -0.1) is 0 Å². The topological polar surface area (TPSA) is 88.1 Å². The van der Waals surface area contributed by atoms with Gasteiger partial charge in [0.25, 0.3) is 11.5 Å². The van der Waals surface area contributed by atoms with Crippen LogP contribution >= 0.6 is 15.9 Å². The van der Waals surface area contributed by atoms with Crippen molar-refractivity contribution in [1.29, 1.82) is 0 Å². The molecule has 7 nitrogen and oxygen atoms in total. The van der Waals surface area contributed by atoms with E-state index < -0.39 is 11.2 Å². The van der Waals surface area contributed by atoms with Crippen molar-refractivity contribution in [2.45, 2.75) is 64.1 Å². The number of aromatic nitrogens is 3. The molecule has 3 aromatic rings. The quantitative estimate of drug-likeness (QED) is 0.536. The number of H-pyrrole nitrogens is 1. The van der Waals surface area contributed by atoms with Crippen LogP contribution < -0.4 is 11.2 Å². The number of aryl methyl sites for hydroxylation is 1. The molecule has 2 saturated carbocycles. The second-order valence-corrected chi connectivity index (χ2v) is 9.69. The second kappa shape index (κ2) is 8.31. The van der Waals surface area contributed by atoms with Gasteiger partial charge in [-0.05, 0) is 55.9 Å². The van der Waals surface area contributed by atoms with Gasteiger partial charge in [-0.25, -0.2) is 9.78 Å². The van der Waals surface area contributed by atoms with Crippen molar-refractivity contribution in [2.75, 3.05) is 0 Å². The van der Waals surface area contributed by atoms with Crippen LogP contribution in [0.1, 0.15) is 66.6 Å². The minimum absolute atomic E-state index is 0.162. The number of carbonyl (C=O) groups is 1. The number of pyridine rings is 1. The SMILES string of the molecule is CCCn1c(=O)[nH]c(=O)c2c(C(=O)N(Cc3cccc(Br)c3)C3CC3)cc(C3CC3)nc21. The number of hydrogen-bond donors (Lipinski definition) is 1. The number of carbonyl (C=O) groups excluding carboxylic acids is 1. The maximum absolute atomic E-state index is 13.9.